The van der Waals surface area contributed by atoms with Crippen molar-refractivity contribution in [2.75, 3.05) is 33.7 Å². The monoisotopic (exact) mass is 416 g/mol. The molecule has 0 aromatic heterocycles. The Morgan fingerprint density at radius 1 is 1.03 bits per heavy atom. The number of carbonyl (C=O) groups excluding carboxylic acids is 1. The Morgan fingerprint density at radius 3 is 2.14 bits per heavy atom. The number of quaternary nitrogens is 1. The number of carbonyl (C=O) groups is 1. The third kappa shape index (κ3) is 5.23. The summed E-state index contributed by atoms with van der Waals surface area (Å²) in [7, 11) is 0.674. The van der Waals surface area contributed by atoms with Crippen LogP contribution in [0, 0.1) is 5.92 Å². The minimum Gasteiger partial charge on any atom is -0.350 e. The second-order valence-electron chi connectivity index (χ2n) is 7.78. The van der Waals surface area contributed by atoms with Gasteiger partial charge in [-0.1, -0.05) is 48.5 Å². The molecule has 0 spiro atoms. The van der Waals surface area contributed by atoms with Gasteiger partial charge in [-0.05, 0) is 25.0 Å². The fraction of sp³-hybridized carbons (Fsp3) is 0.409. The van der Waals surface area contributed by atoms with Gasteiger partial charge in [-0.3, -0.25) is 4.79 Å². The first-order valence-corrected chi connectivity index (χ1v) is 11.5. The zero-order valence-electron chi connectivity index (χ0n) is 17.0. The third-order valence-corrected chi connectivity index (χ3v) is 7.50. The lowest BCUT2D eigenvalue weighted by atomic mass is 9.97. The van der Waals surface area contributed by atoms with Crippen LogP contribution >= 0.6 is 0 Å². The molecule has 0 bridgehead atoms. The summed E-state index contributed by atoms with van der Waals surface area (Å²) in [6, 6.07) is 18.8. The fourth-order valence-electron chi connectivity index (χ4n) is 3.79. The van der Waals surface area contributed by atoms with Gasteiger partial charge < -0.3 is 10.2 Å². The molecule has 1 heterocycles. The molecule has 1 saturated heterocycles. The highest BCUT2D eigenvalue weighted by Crippen LogP contribution is 2.24. The molecule has 1 amide bonds. The van der Waals surface area contributed by atoms with Crippen LogP contribution in [0.2, 0.25) is 0 Å². The van der Waals surface area contributed by atoms with E-state index in [9.17, 15) is 13.2 Å². The molecular weight excluding hydrogens is 386 g/mol. The maximum Gasteiger partial charge on any atom is 0.243 e. The summed E-state index contributed by atoms with van der Waals surface area (Å²) in [5.41, 5.74) is 1.19. The summed E-state index contributed by atoms with van der Waals surface area (Å²) in [6.45, 7) is 1.31. The average molecular weight is 417 g/mol. The first kappa shape index (κ1) is 21.5. The molecule has 156 valence electrons. The molecule has 6 nitrogen and oxygen atoms in total. The Kier molecular flexibility index (Phi) is 7.05. The van der Waals surface area contributed by atoms with Crippen molar-refractivity contribution in [3.8, 4) is 0 Å². The van der Waals surface area contributed by atoms with Gasteiger partial charge in [0.15, 0.2) is 0 Å². The number of rotatable bonds is 7. The average Bonchev–Trinajstić information content (AvgIpc) is 2.75. The van der Waals surface area contributed by atoms with E-state index in [0.29, 0.717) is 37.4 Å². The van der Waals surface area contributed by atoms with Crippen LogP contribution in [0.5, 0.6) is 0 Å². The van der Waals surface area contributed by atoms with E-state index < -0.39 is 10.0 Å². The SMILES string of the molecule is C[NH+](C)[C@H](CNC(=O)C1CCN(S(=O)(=O)c2ccccc2)CC1)c1ccccc1. The highest BCUT2D eigenvalue weighted by Gasteiger charge is 2.32. The predicted molar refractivity (Wildman–Crippen MR) is 113 cm³/mol. The van der Waals surface area contributed by atoms with Crippen LogP contribution in [0.1, 0.15) is 24.4 Å². The first-order chi connectivity index (χ1) is 13.9. The van der Waals surface area contributed by atoms with Crippen molar-refractivity contribution in [1.82, 2.24) is 9.62 Å². The smallest absolute Gasteiger partial charge is 0.243 e. The van der Waals surface area contributed by atoms with Crippen LogP contribution in [0.25, 0.3) is 0 Å². The van der Waals surface area contributed by atoms with Crippen molar-refractivity contribution in [1.29, 1.82) is 0 Å². The number of nitrogens with zero attached hydrogens (tertiary/aromatic N) is 1. The summed E-state index contributed by atoms with van der Waals surface area (Å²) in [6.07, 6.45) is 1.09. The van der Waals surface area contributed by atoms with E-state index >= 15 is 0 Å². The Balaban J connectivity index is 1.55. The second kappa shape index (κ2) is 9.52. The number of likely N-dealkylation sites (N-methyl/N-ethyl adjacent to an activating group) is 1. The van der Waals surface area contributed by atoms with E-state index in [2.05, 4.69) is 31.5 Å². The molecule has 0 radical (unpaired) electrons. The van der Waals surface area contributed by atoms with Gasteiger partial charge in [-0.15, -0.1) is 0 Å². The second-order valence-corrected chi connectivity index (χ2v) is 9.72. The van der Waals surface area contributed by atoms with Crippen molar-refractivity contribution in [2.24, 2.45) is 5.92 Å². The van der Waals surface area contributed by atoms with Gasteiger partial charge in [-0.25, -0.2) is 8.42 Å². The summed E-state index contributed by atoms with van der Waals surface area (Å²) in [5, 5.41) is 3.09. The van der Waals surface area contributed by atoms with Crippen molar-refractivity contribution in [3.05, 3.63) is 66.2 Å². The number of hydrogen-bond donors (Lipinski definition) is 2. The standard InChI is InChI=1S/C22H29N3O3S/c1-24(2)21(18-9-5-3-6-10-18)17-23-22(26)19-13-15-25(16-14-19)29(27,28)20-11-7-4-8-12-20/h3-12,19,21H,13-17H2,1-2H3,(H,23,26)/p+1/t21-/m1/s1. The predicted octanol–water partition coefficient (Wildman–Crippen LogP) is 1.09. The van der Waals surface area contributed by atoms with E-state index in [4.69, 9.17) is 0 Å². The molecule has 29 heavy (non-hydrogen) atoms. The van der Waals surface area contributed by atoms with Gasteiger partial charge in [-0.2, -0.15) is 4.31 Å². The molecule has 1 fully saturated rings. The summed E-state index contributed by atoms with van der Waals surface area (Å²) in [4.78, 5) is 14.3. The van der Waals surface area contributed by atoms with Crippen molar-refractivity contribution < 1.29 is 18.1 Å². The van der Waals surface area contributed by atoms with Crippen LogP contribution in [0.4, 0.5) is 0 Å². The topological polar surface area (TPSA) is 70.9 Å². The maximum absolute atomic E-state index is 12.7. The van der Waals surface area contributed by atoms with Gasteiger partial charge in [0.2, 0.25) is 15.9 Å². The summed E-state index contributed by atoms with van der Waals surface area (Å²) in [5.74, 6) is -0.130. The van der Waals surface area contributed by atoms with Crippen LogP contribution in [-0.2, 0) is 14.8 Å². The normalized spacial score (nSPS) is 17.2. The Morgan fingerprint density at radius 2 is 1.59 bits per heavy atom. The zero-order chi connectivity index (χ0) is 20.9. The van der Waals surface area contributed by atoms with Gasteiger partial charge in [0.05, 0.1) is 25.5 Å². The molecule has 2 aromatic rings. The largest absolute Gasteiger partial charge is 0.350 e. The van der Waals surface area contributed by atoms with Gasteiger partial charge in [0.25, 0.3) is 0 Å². The van der Waals surface area contributed by atoms with Crippen molar-refractivity contribution in [3.63, 3.8) is 0 Å². The maximum atomic E-state index is 12.7. The summed E-state index contributed by atoms with van der Waals surface area (Å²) < 4.78 is 27.0. The van der Waals surface area contributed by atoms with Crippen LogP contribution in [0.3, 0.4) is 0 Å². The molecule has 3 rings (SSSR count). The highest BCUT2D eigenvalue weighted by molar-refractivity contribution is 7.89. The van der Waals surface area contributed by atoms with E-state index in [-0.39, 0.29) is 17.9 Å². The van der Waals surface area contributed by atoms with E-state index in [0.717, 1.165) is 0 Å². The van der Waals surface area contributed by atoms with Crippen LogP contribution in [-0.4, -0.2) is 52.4 Å². The van der Waals surface area contributed by atoms with Crippen LogP contribution in [0.15, 0.2) is 65.6 Å². The minimum atomic E-state index is -3.49. The number of hydrogen-bond acceptors (Lipinski definition) is 3. The molecule has 2 N–H and O–H groups in total. The first-order valence-electron chi connectivity index (χ1n) is 10.1. The third-order valence-electron chi connectivity index (χ3n) is 5.58. The van der Waals surface area contributed by atoms with Gasteiger partial charge in [0, 0.05) is 24.6 Å². The van der Waals surface area contributed by atoms with Crippen molar-refractivity contribution in [2.45, 2.75) is 23.8 Å². The van der Waals surface area contributed by atoms with Crippen LogP contribution < -0.4 is 10.2 Å². The van der Waals surface area contributed by atoms with Gasteiger partial charge in [0.1, 0.15) is 6.04 Å². The number of piperidine rings is 1. The molecular formula is C22H30N3O3S+. The van der Waals surface area contributed by atoms with E-state index in [1.54, 1.807) is 30.3 Å². The molecule has 0 saturated carbocycles. The molecule has 0 aliphatic carbocycles. The van der Waals surface area contributed by atoms with E-state index in [1.807, 2.05) is 18.2 Å². The molecule has 1 aliphatic heterocycles. The number of sulfonamides is 1. The Bertz CT molecular complexity index is 893. The van der Waals surface area contributed by atoms with E-state index in [1.165, 1.54) is 14.8 Å². The number of nitrogens with one attached hydrogen (secondary N) is 2. The molecule has 1 atom stereocenters. The lowest BCUT2D eigenvalue weighted by molar-refractivity contribution is -0.890. The molecule has 1 aliphatic rings. The zero-order valence-corrected chi connectivity index (χ0v) is 17.9. The Hall–Kier alpha value is -2.22. The lowest BCUT2D eigenvalue weighted by Gasteiger charge is -2.31. The quantitative estimate of drug-likeness (QED) is 0.710. The number of amides is 1. The molecule has 0 unspecified atom stereocenters. The summed E-state index contributed by atoms with van der Waals surface area (Å²) >= 11 is 0. The molecule has 7 heteroatoms. The van der Waals surface area contributed by atoms with Crippen molar-refractivity contribution >= 4 is 15.9 Å². The molecule has 2 aromatic carbocycles. The number of benzene rings is 2. The highest BCUT2D eigenvalue weighted by atomic mass is 32.2. The minimum absolute atomic E-state index is 0.0175. The lowest BCUT2D eigenvalue weighted by Crippen LogP contribution is -3.07. The fourth-order valence-corrected chi connectivity index (χ4v) is 5.28. The Labute approximate surface area is 173 Å². The van der Waals surface area contributed by atoms with Gasteiger partial charge >= 0.3 is 0 Å².